The summed E-state index contributed by atoms with van der Waals surface area (Å²) >= 11 is 11.8. The van der Waals surface area contributed by atoms with Gasteiger partial charge in [0.05, 0.1) is 16.8 Å². The molecule has 0 fully saturated rings. The van der Waals surface area contributed by atoms with E-state index in [1.807, 2.05) is 6.92 Å². The van der Waals surface area contributed by atoms with Crippen LogP contribution in [-0.2, 0) is 0 Å². The zero-order valence-corrected chi connectivity index (χ0v) is 12.6. The van der Waals surface area contributed by atoms with Crippen LogP contribution in [0.2, 0.25) is 10.0 Å². The first-order valence-corrected chi connectivity index (χ1v) is 6.81. The average molecular weight is 323 g/mol. The molecule has 108 valence electrons. The van der Waals surface area contributed by atoms with Crippen LogP contribution in [0, 0.1) is 6.92 Å². The lowest BCUT2D eigenvalue weighted by atomic mass is 10.1. The first kappa shape index (κ1) is 15.4. The van der Waals surface area contributed by atoms with E-state index >= 15 is 0 Å². The fourth-order valence-corrected chi connectivity index (χ4v) is 2.16. The summed E-state index contributed by atoms with van der Waals surface area (Å²) in [6.07, 6.45) is 1.31. The number of aryl methyl sites for hydroxylation is 1. The minimum absolute atomic E-state index is 0.0192. The third-order valence-electron chi connectivity index (χ3n) is 2.73. The molecule has 0 aliphatic heterocycles. The molecule has 0 saturated carbocycles. The van der Waals surface area contributed by atoms with Gasteiger partial charge in [-0.2, -0.15) is 5.10 Å². The summed E-state index contributed by atoms with van der Waals surface area (Å²) in [5.41, 5.74) is 4.04. The van der Waals surface area contributed by atoms with E-state index in [0.29, 0.717) is 21.2 Å². The molecule has 0 saturated heterocycles. The smallest absolute Gasteiger partial charge is 0.272 e. The Kier molecular flexibility index (Phi) is 4.83. The van der Waals surface area contributed by atoms with Crippen molar-refractivity contribution in [3.63, 3.8) is 0 Å². The molecule has 2 aromatic carbocycles. The van der Waals surface area contributed by atoms with Crippen molar-refractivity contribution >= 4 is 35.3 Å². The largest absolute Gasteiger partial charge is 0.507 e. The molecule has 0 heterocycles. The van der Waals surface area contributed by atoms with E-state index in [1.165, 1.54) is 18.3 Å². The van der Waals surface area contributed by atoms with Gasteiger partial charge in [-0.3, -0.25) is 4.79 Å². The highest BCUT2D eigenvalue weighted by Gasteiger charge is 2.09. The number of carbonyl (C=O) groups excluding carboxylic acids is 1. The third-order valence-corrected chi connectivity index (χ3v) is 3.28. The number of nitrogens with zero attached hydrogens (tertiary/aromatic N) is 1. The van der Waals surface area contributed by atoms with Crippen LogP contribution in [0.15, 0.2) is 41.5 Å². The van der Waals surface area contributed by atoms with Crippen molar-refractivity contribution in [2.75, 3.05) is 0 Å². The van der Waals surface area contributed by atoms with Crippen LogP contribution in [0.4, 0.5) is 0 Å². The minimum Gasteiger partial charge on any atom is -0.507 e. The Morgan fingerprint density at radius 3 is 2.71 bits per heavy atom. The van der Waals surface area contributed by atoms with Gasteiger partial charge >= 0.3 is 0 Å². The van der Waals surface area contributed by atoms with E-state index in [-0.39, 0.29) is 5.75 Å². The molecule has 0 spiro atoms. The van der Waals surface area contributed by atoms with Crippen LogP contribution in [0.3, 0.4) is 0 Å². The van der Waals surface area contributed by atoms with Crippen LogP contribution in [0.5, 0.6) is 5.75 Å². The summed E-state index contributed by atoms with van der Waals surface area (Å²) in [7, 11) is 0. The normalized spacial score (nSPS) is 10.8. The SMILES string of the molecule is Cc1ccc(C(=O)NN=Cc2cc(Cl)ccc2O)c(Cl)c1. The number of hydrogen-bond donors (Lipinski definition) is 2. The van der Waals surface area contributed by atoms with E-state index in [0.717, 1.165) is 5.56 Å². The standard InChI is InChI=1S/C15H12Cl2N2O2/c1-9-2-4-12(13(17)6-9)15(21)19-18-8-10-7-11(16)3-5-14(10)20/h2-8,20H,1H3,(H,19,21). The summed E-state index contributed by atoms with van der Waals surface area (Å²) < 4.78 is 0. The number of rotatable bonds is 3. The van der Waals surface area contributed by atoms with Crippen molar-refractivity contribution in [1.82, 2.24) is 5.43 Å². The molecule has 0 aromatic heterocycles. The monoisotopic (exact) mass is 322 g/mol. The van der Waals surface area contributed by atoms with Crippen molar-refractivity contribution in [3.8, 4) is 5.75 Å². The van der Waals surface area contributed by atoms with E-state index < -0.39 is 5.91 Å². The second-order valence-corrected chi connectivity index (χ2v) is 5.23. The molecular formula is C15H12Cl2N2O2. The number of phenols is 1. The highest BCUT2D eigenvalue weighted by Crippen LogP contribution is 2.20. The van der Waals surface area contributed by atoms with Crippen LogP contribution in [0.25, 0.3) is 0 Å². The van der Waals surface area contributed by atoms with Gasteiger partial charge in [0.15, 0.2) is 0 Å². The lowest BCUT2D eigenvalue weighted by molar-refractivity contribution is 0.0955. The number of hydrogen-bond acceptors (Lipinski definition) is 3. The highest BCUT2D eigenvalue weighted by atomic mass is 35.5. The number of phenolic OH excluding ortho intramolecular Hbond substituents is 1. The first-order chi connectivity index (χ1) is 9.97. The molecule has 21 heavy (non-hydrogen) atoms. The van der Waals surface area contributed by atoms with Gasteiger partial charge in [0, 0.05) is 10.6 Å². The zero-order chi connectivity index (χ0) is 15.4. The zero-order valence-electron chi connectivity index (χ0n) is 11.1. The van der Waals surface area contributed by atoms with Gasteiger partial charge in [-0.1, -0.05) is 29.3 Å². The fraction of sp³-hybridized carbons (Fsp3) is 0.0667. The summed E-state index contributed by atoms with van der Waals surface area (Å²) in [6, 6.07) is 9.64. The van der Waals surface area contributed by atoms with Crippen molar-refractivity contribution < 1.29 is 9.90 Å². The van der Waals surface area contributed by atoms with Crippen LogP contribution >= 0.6 is 23.2 Å². The van der Waals surface area contributed by atoms with E-state index in [9.17, 15) is 9.90 Å². The second kappa shape index (κ2) is 6.61. The van der Waals surface area contributed by atoms with E-state index in [1.54, 1.807) is 24.3 Å². The molecular weight excluding hydrogens is 311 g/mol. The molecule has 2 rings (SSSR count). The van der Waals surface area contributed by atoms with E-state index in [4.69, 9.17) is 23.2 Å². The van der Waals surface area contributed by atoms with Crippen LogP contribution in [-0.4, -0.2) is 17.2 Å². The van der Waals surface area contributed by atoms with Crippen molar-refractivity contribution in [2.24, 2.45) is 5.10 Å². The lowest BCUT2D eigenvalue weighted by Crippen LogP contribution is -2.18. The van der Waals surface area contributed by atoms with Gasteiger partial charge in [-0.05, 0) is 42.8 Å². The summed E-state index contributed by atoms with van der Waals surface area (Å²) in [5, 5.41) is 14.2. The molecule has 0 aliphatic rings. The van der Waals surface area contributed by atoms with Crippen LogP contribution in [0.1, 0.15) is 21.5 Å². The van der Waals surface area contributed by atoms with E-state index in [2.05, 4.69) is 10.5 Å². The summed E-state index contributed by atoms with van der Waals surface area (Å²) in [5.74, 6) is -0.413. The highest BCUT2D eigenvalue weighted by molar-refractivity contribution is 6.34. The van der Waals surface area contributed by atoms with Crippen molar-refractivity contribution in [2.45, 2.75) is 6.92 Å². The number of hydrazone groups is 1. The number of halogens is 2. The Morgan fingerprint density at radius 2 is 2.00 bits per heavy atom. The predicted molar refractivity (Wildman–Crippen MR) is 84.4 cm³/mol. The molecule has 6 heteroatoms. The minimum atomic E-state index is -0.433. The Bertz CT molecular complexity index is 715. The molecule has 0 aliphatic carbocycles. The second-order valence-electron chi connectivity index (χ2n) is 4.39. The molecule has 2 N–H and O–H groups in total. The Balaban J connectivity index is 2.10. The molecule has 2 aromatic rings. The summed E-state index contributed by atoms with van der Waals surface area (Å²) in [4.78, 5) is 11.9. The van der Waals surface area contributed by atoms with Crippen molar-refractivity contribution in [3.05, 3.63) is 63.1 Å². The topological polar surface area (TPSA) is 61.7 Å². The van der Waals surface area contributed by atoms with Gasteiger partial charge in [0.25, 0.3) is 5.91 Å². The van der Waals surface area contributed by atoms with Gasteiger partial charge in [-0.15, -0.1) is 0 Å². The fourth-order valence-electron chi connectivity index (χ4n) is 1.65. The number of amides is 1. The maximum Gasteiger partial charge on any atom is 0.272 e. The Morgan fingerprint density at radius 1 is 1.24 bits per heavy atom. The average Bonchev–Trinajstić information content (AvgIpc) is 2.42. The summed E-state index contributed by atoms with van der Waals surface area (Å²) in [6.45, 7) is 1.88. The van der Waals surface area contributed by atoms with Gasteiger partial charge in [-0.25, -0.2) is 5.43 Å². The number of carbonyl (C=O) groups is 1. The lowest BCUT2D eigenvalue weighted by Gasteiger charge is -2.04. The Labute approximate surface area is 132 Å². The van der Waals surface area contributed by atoms with Gasteiger partial charge in [0.2, 0.25) is 0 Å². The molecule has 4 nitrogen and oxygen atoms in total. The third kappa shape index (κ3) is 3.97. The number of benzene rings is 2. The Hall–Kier alpha value is -2.04. The molecule has 0 unspecified atom stereocenters. The number of nitrogens with one attached hydrogen (secondary N) is 1. The molecule has 0 radical (unpaired) electrons. The van der Waals surface area contributed by atoms with Crippen LogP contribution < -0.4 is 5.43 Å². The maximum atomic E-state index is 11.9. The number of aromatic hydroxyl groups is 1. The molecule has 0 atom stereocenters. The quantitative estimate of drug-likeness (QED) is 0.667. The first-order valence-electron chi connectivity index (χ1n) is 6.05. The van der Waals surface area contributed by atoms with Crippen molar-refractivity contribution in [1.29, 1.82) is 0 Å². The predicted octanol–water partition coefficient (Wildman–Crippen LogP) is 3.77. The molecule has 1 amide bonds. The van der Waals surface area contributed by atoms with Gasteiger partial charge in [0.1, 0.15) is 5.75 Å². The molecule has 0 bridgehead atoms. The maximum absolute atomic E-state index is 11.9. The van der Waals surface area contributed by atoms with Gasteiger partial charge < -0.3 is 5.11 Å².